The highest BCUT2D eigenvalue weighted by atomic mass is 16.7. The van der Waals surface area contributed by atoms with Gasteiger partial charge in [0.25, 0.3) is 0 Å². The standard InChI is InChI=1S/C14H22N2O3/c1-10(19-11(2)18-8-7-17)16-6-5-12-9-13(15)3-4-14(12)16/h3-4,9-11,17H,5-8,15H2,1-2H3. The Labute approximate surface area is 113 Å². The third-order valence-corrected chi connectivity index (χ3v) is 3.31. The van der Waals surface area contributed by atoms with Gasteiger partial charge in [-0.05, 0) is 44.0 Å². The Morgan fingerprint density at radius 1 is 1.42 bits per heavy atom. The number of rotatable bonds is 6. The fourth-order valence-corrected chi connectivity index (χ4v) is 2.43. The zero-order valence-electron chi connectivity index (χ0n) is 11.5. The van der Waals surface area contributed by atoms with Gasteiger partial charge in [-0.25, -0.2) is 0 Å². The predicted molar refractivity (Wildman–Crippen MR) is 75.0 cm³/mol. The lowest BCUT2D eigenvalue weighted by Crippen LogP contribution is -2.36. The molecule has 0 radical (unpaired) electrons. The van der Waals surface area contributed by atoms with Gasteiger partial charge >= 0.3 is 0 Å². The molecular weight excluding hydrogens is 244 g/mol. The van der Waals surface area contributed by atoms with E-state index in [0.717, 1.165) is 18.7 Å². The lowest BCUT2D eigenvalue weighted by Gasteiger charge is -2.29. The maximum atomic E-state index is 8.71. The summed E-state index contributed by atoms with van der Waals surface area (Å²) in [6.07, 6.45) is 0.582. The molecule has 19 heavy (non-hydrogen) atoms. The number of nitrogens with zero attached hydrogens (tertiary/aromatic N) is 1. The van der Waals surface area contributed by atoms with Gasteiger partial charge in [-0.3, -0.25) is 0 Å². The zero-order valence-corrected chi connectivity index (χ0v) is 11.5. The molecule has 0 amide bonds. The van der Waals surface area contributed by atoms with Gasteiger partial charge in [0.05, 0.1) is 13.2 Å². The number of hydrogen-bond acceptors (Lipinski definition) is 5. The number of nitrogen functional groups attached to an aromatic ring is 1. The number of aliphatic hydroxyl groups excluding tert-OH is 1. The van der Waals surface area contributed by atoms with E-state index >= 15 is 0 Å². The molecule has 1 aromatic carbocycles. The molecule has 0 spiro atoms. The molecule has 5 heteroatoms. The zero-order chi connectivity index (χ0) is 13.8. The van der Waals surface area contributed by atoms with E-state index in [1.807, 2.05) is 32.0 Å². The van der Waals surface area contributed by atoms with Crippen molar-refractivity contribution in [2.45, 2.75) is 32.8 Å². The van der Waals surface area contributed by atoms with Gasteiger partial charge < -0.3 is 25.2 Å². The second kappa shape index (κ2) is 6.23. The summed E-state index contributed by atoms with van der Waals surface area (Å²) in [5.41, 5.74) is 9.03. The molecule has 0 fully saturated rings. The normalized spacial score (nSPS) is 17.3. The maximum Gasteiger partial charge on any atom is 0.157 e. The van der Waals surface area contributed by atoms with E-state index in [1.165, 1.54) is 11.3 Å². The largest absolute Gasteiger partial charge is 0.399 e. The third-order valence-electron chi connectivity index (χ3n) is 3.31. The number of fused-ring (bicyclic) bond motifs is 1. The average molecular weight is 266 g/mol. The molecule has 0 saturated carbocycles. The number of aliphatic hydroxyl groups is 1. The van der Waals surface area contributed by atoms with E-state index in [-0.39, 0.29) is 19.1 Å². The van der Waals surface area contributed by atoms with Crippen molar-refractivity contribution in [2.75, 3.05) is 30.4 Å². The van der Waals surface area contributed by atoms with E-state index < -0.39 is 0 Å². The fourth-order valence-electron chi connectivity index (χ4n) is 2.43. The van der Waals surface area contributed by atoms with Crippen LogP contribution in [-0.4, -0.2) is 37.4 Å². The first kappa shape index (κ1) is 14.1. The van der Waals surface area contributed by atoms with Crippen molar-refractivity contribution in [1.29, 1.82) is 0 Å². The Morgan fingerprint density at radius 2 is 2.21 bits per heavy atom. The van der Waals surface area contributed by atoms with Crippen LogP contribution in [0.4, 0.5) is 11.4 Å². The highest BCUT2D eigenvalue weighted by Gasteiger charge is 2.25. The van der Waals surface area contributed by atoms with Crippen LogP contribution in [0.2, 0.25) is 0 Å². The van der Waals surface area contributed by atoms with Crippen LogP contribution >= 0.6 is 0 Å². The van der Waals surface area contributed by atoms with Gasteiger partial charge in [-0.2, -0.15) is 0 Å². The lowest BCUT2D eigenvalue weighted by atomic mass is 10.1. The second-order valence-electron chi connectivity index (χ2n) is 4.73. The summed E-state index contributed by atoms with van der Waals surface area (Å²) in [5, 5.41) is 8.71. The topological polar surface area (TPSA) is 68.0 Å². The first-order valence-corrected chi connectivity index (χ1v) is 6.65. The molecule has 0 bridgehead atoms. The van der Waals surface area contributed by atoms with E-state index in [9.17, 15) is 0 Å². The summed E-state index contributed by atoms with van der Waals surface area (Å²) >= 11 is 0. The highest BCUT2D eigenvalue weighted by Crippen LogP contribution is 2.31. The van der Waals surface area contributed by atoms with Gasteiger partial charge in [0, 0.05) is 17.9 Å². The summed E-state index contributed by atoms with van der Waals surface area (Å²) in [6, 6.07) is 5.97. The first-order valence-electron chi connectivity index (χ1n) is 6.65. The number of hydrogen-bond donors (Lipinski definition) is 2. The van der Waals surface area contributed by atoms with Crippen LogP contribution in [0.3, 0.4) is 0 Å². The highest BCUT2D eigenvalue weighted by molar-refractivity contribution is 5.63. The molecule has 1 aliphatic heterocycles. The van der Waals surface area contributed by atoms with Crippen LogP contribution in [0.25, 0.3) is 0 Å². The minimum Gasteiger partial charge on any atom is -0.399 e. The monoisotopic (exact) mass is 266 g/mol. The van der Waals surface area contributed by atoms with Crippen LogP contribution in [0.1, 0.15) is 19.4 Å². The van der Waals surface area contributed by atoms with Crippen molar-refractivity contribution in [3.63, 3.8) is 0 Å². The van der Waals surface area contributed by atoms with Crippen molar-refractivity contribution in [2.24, 2.45) is 0 Å². The van der Waals surface area contributed by atoms with Crippen LogP contribution in [0.5, 0.6) is 0 Å². The molecule has 5 nitrogen and oxygen atoms in total. The molecule has 0 saturated heterocycles. The quantitative estimate of drug-likeness (QED) is 0.601. The Morgan fingerprint density at radius 3 is 2.95 bits per heavy atom. The van der Waals surface area contributed by atoms with Gasteiger partial charge in [0.2, 0.25) is 0 Å². The van der Waals surface area contributed by atoms with E-state index in [4.69, 9.17) is 20.3 Å². The van der Waals surface area contributed by atoms with Crippen molar-refractivity contribution in [3.05, 3.63) is 23.8 Å². The molecule has 1 aliphatic rings. The Balaban J connectivity index is 1.97. The summed E-state index contributed by atoms with van der Waals surface area (Å²) in [5.74, 6) is 0. The summed E-state index contributed by atoms with van der Waals surface area (Å²) in [7, 11) is 0. The van der Waals surface area contributed by atoms with Gasteiger partial charge in [0.1, 0.15) is 6.23 Å². The summed E-state index contributed by atoms with van der Waals surface area (Å²) in [6.45, 7) is 5.07. The SMILES string of the molecule is CC(OCCO)OC(C)N1CCc2cc(N)ccc21. The summed E-state index contributed by atoms with van der Waals surface area (Å²) in [4.78, 5) is 2.20. The van der Waals surface area contributed by atoms with Crippen molar-refractivity contribution < 1.29 is 14.6 Å². The second-order valence-corrected chi connectivity index (χ2v) is 4.73. The average Bonchev–Trinajstić information content (AvgIpc) is 2.79. The maximum absolute atomic E-state index is 8.71. The molecule has 2 atom stereocenters. The molecule has 3 N–H and O–H groups in total. The fraction of sp³-hybridized carbons (Fsp3) is 0.571. The Kier molecular flexibility index (Phi) is 4.63. The van der Waals surface area contributed by atoms with E-state index in [0.29, 0.717) is 6.61 Å². The van der Waals surface area contributed by atoms with E-state index in [1.54, 1.807) is 0 Å². The minimum absolute atomic E-state index is 0.00784. The molecule has 0 aliphatic carbocycles. The Bertz CT molecular complexity index is 425. The van der Waals surface area contributed by atoms with Crippen molar-refractivity contribution in [1.82, 2.24) is 0 Å². The van der Waals surface area contributed by atoms with Gasteiger partial charge in [-0.15, -0.1) is 0 Å². The molecule has 1 aromatic rings. The van der Waals surface area contributed by atoms with Crippen LogP contribution in [-0.2, 0) is 15.9 Å². The van der Waals surface area contributed by atoms with Gasteiger partial charge in [-0.1, -0.05) is 0 Å². The lowest BCUT2D eigenvalue weighted by molar-refractivity contribution is -0.159. The molecular formula is C14H22N2O3. The van der Waals surface area contributed by atoms with Crippen molar-refractivity contribution in [3.8, 4) is 0 Å². The number of anilines is 2. The van der Waals surface area contributed by atoms with Crippen LogP contribution in [0.15, 0.2) is 18.2 Å². The number of nitrogens with two attached hydrogens (primary N) is 1. The number of ether oxygens (including phenoxy) is 2. The molecule has 2 rings (SSSR count). The smallest absolute Gasteiger partial charge is 0.157 e. The summed E-state index contributed by atoms with van der Waals surface area (Å²) < 4.78 is 11.1. The first-order chi connectivity index (χ1) is 9.11. The third kappa shape index (κ3) is 3.37. The molecule has 2 unspecified atom stereocenters. The molecule has 106 valence electrons. The van der Waals surface area contributed by atoms with E-state index in [2.05, 4.69) is 4.90 Å². The predicted octanol–water partition coefficient (Wildman–Crippen LogP) is 1.35. The molecule has 1 heterocycles. The minimum atomic E-state index is -0.333. The number of benzene rings is 1. The van der Waals surface area contributed by atoms with Crippen LogP contribution in [0, 0.1) is 0 Å². The Hall–Kier alpha value is -1.30. The van der Waals surface area contributed by atoms with Crippen LogP contribution < -0.4 is 10.6 Å². The molecule has 0 aromatic heterocycles. The van der Waals surface area contributed by atoms with Crippen molar-refractivity contribution >= 4 is 11.4 Å². The van der Waals surface area contributed by atoms with Gasteiger partial charge in [0.15, 0.2) is 6.29 Å².